The van der Waals surface area contributed by atoms with Gasteiger partial charge in [-0.1, -0.05) is 30.3 Å². The van der Waals surface area contributed by atoms with Crippen molar-refractivity contribution in [3.05, 3.63) is 35.9 Å². The molecular formula is C16H24N2O2. The number of likely N-dealkylation sites (N-methyl/N-ethyl adjacent to an activating group) is 1. The van der Waals surface area contributed by atoms with Crippen LogP contribution in [0, 0.1) is 0 Å². The second-order valence-electron chi connectivity index (χ2n) is 5.75. The zero-order chi connectivity index (χ0) is 14.6. The van der Waals surface area contributed by atoms with Crippen molar-refractivity contribution in [1.29, 1.82) is 0 Å². The molecule has 110 valence electrons. The second-order valence-corrected chi connectivity index (χ2v) is 5.75. The molecule has 4 nitrogen and oxygen atoms in total. The lowest BCUT2D eigenvalue weighted by Gasteiger charge is -2.45. The fourth-order valence-electron chi connectivity index (χ4n) is 2.72. The summed E-state index contributed by atoms with van der Waals surface area (Å²) in [6, 6.07) is 9.55. The Morgan fingerprint density at radius 2 is 2.00 bits per heavy atom. The lowest BCUT2D eigenvalue weighted by Crippen LogP contribution is -2.60. The van der Waals surface area contributed by atoms with Crippen molar-refractivity contribution in [1.82, 2.24) is 10.2 Å². The highest BCUT2D eigenvalue weighted by molar-refractivity contribution is 5.87. The van der Waals surface area contributed by atoms with E-state index in [1.165, 1.54) is 0 Å². The lowest BCUT2D eigenvalue weighted by atomic mass is 9.75. The number of carbonyl (C=O) groups excluding carboxylic acids is 1. The standard InChI is InChI=1S/C16H24N2O2/c1-18(2)16(10-6-11-16)15(20)17-12-9-14(19)13-7-4-3-5-8-13/h3-5,7-8,14,19H,6,9-12H2,1-2H3,(H,17,20). The largest absolute Gasteiger partial charge is 0.388 e. The molecular weight excluding hydrogens is 252 g/mol. The fourth-order valence-corrected chi connectivity index (χ4v) is 2.72. The van der Waals surface area contributed by atoms with Gasteiger partial charge in [0.2, 0.25) is 5.91 Å². The van der Waals surface area contributed by atoms with Crippen LogP contribution in [-0.4, -0.2) is 42.1 Å². The van der Waals surface area contributed by atoms with E-state index in [0.29, 0.717) is 13.0 Å². The number of benzene rings is 1. The van der Waals surface area contributed by atoms with Gasteiger partial charge in [-0.05, 0) is 45.3 Å². The zero-order valence-corrected chi connectivity index (χ0v) is 12.3. The summed E-state index contributed by atoms with van der Waals surface area (Å²) in [6.07, 6.45) is 2.98. The predicted octanol–water partition coefficient (Wildman–Crippen LogP) is 1.71. The minimum Gasteiger partial charge on any atom is -0.388 e. The summed E-state index contributed by atoms with van der Waals surface area (Å²) in [4.78, 5) is 14.3. The number of carbonyl (C=O) groups is 1. The van der Waals surface area contributed by atoms with Crippen LogP contribution in [0.1, 0.15) is 37.4 Å². The van der Waals surface area contributed by atoms with Gasteiger partial charge in [0, 0.05) is 6.54 Å². The van der Waals surface area contributed by atoms with E-state index < -0.39 is 6.10 Å². The number of aliphatic hydroxyl groups is 1. The Morgan fingerprint density at radius 1 is 1.35 bits per heavy atom. The number of nitrogens with zero attached hydrogens (tertiary/aromatic N) is 1. The van der Waals surface area contributed by atoms with Gasteiger partial charge < -0.3 is 10.4 Å². The van der Waals surface area contributed by atoms with Crippen molar-refractivity contribution >= 4 is 5.91 Å². The highest BCUT2D eigenvalue weighted by atomic mass is 16.3. The first-order chi connectivity index (χ1) is 9.56. The van der Waals surface area contributed by atoms with E-state index in [1.54, 1.807) is 0 Å². The molecule has 0 aromatic heterocycles. The van der Waals surface area contributed by atoms with Crippen molar-refractivity contribution in [2.75, 3.05) is 20.6 Å². The molecule has 2 rings (SSSR count). The molecule has 0 radical (unpaired) electrons. The van der Waals surface area contributed by atoms with Crippen molar-refractivity contribution in [3.8, 4) is 0 Å². The fraction of sp³-hybridized carbons (Fsp3) is 0.562. The third kappa shape index (κ3) is 3.02. The third-order valence-corrected chi connectivity index (χ3v) is 4.35. The number of aliphatic hydroxyl groups excluding tert-OH is 1. The maximum atomic E-state index is 12.3. The molecule has 1 saturated carbocycles. The van der Waals surface area contributed by atoms with Crippen molar-refractivity contribution in [2.45, 2.75) is 37.3 Å². The molecule has 0 spiro atoms. The van der Waals surface area contributed by atoms with Gasteiger partial charge in [-0.25, -0.2) is 0 Å². The molecule has 0 saturated heterocycles. The summed E-state index contributed by atoms with van der Waals surface area (Å²) in [5.74, 6) is 0.0917. The molecule has 1 aromatic rings. The molecule has 0 bridgehead atoms. The molecule has 1 unspecified atom stereocenters. The summed E-state index contributed by atoms with van der Waals surface area (Å²) in [6.45, 7) is 0.504. The molecule has 1 amide bonds. The number of amides is 1. The smallest absolute Gasteiger partial charge is 0.240 e. The molecule has 4 heteroatoms. The van der Waals surface area contributed by atoms with Crippen molar-refractivity contribution < 1.29 is 9.90 Å². The molecule has 0 heterocycles. The van der Waals surface area contributed by atoms with Crippen LogP contribution in [0.3, 0.4) is 0 Å². The van der Waals surface area contributed by atoms with Crippen LogP contribution in [0.5, 0.6) is 0 Å². The van der Waals surface area contributed by atoms with Crippen LogP contribution in [0.2, 0.25) is 0 Å². The number of nitrogens with one attached hydrogen (secondary N) is 1. The van der Waals surface area contributed by atoms with Crippen LogP contribution in [-0.2, 0) is 4.79 Å². The van der Waals surface area contributed by atoms with Gasteiger partial charge in [0.15, 0.2) is 0 Å². The summed E-state index contributed by atoms with van der Waals surface area (Å²) in [5.41, 5.74) is 0.574. The van der Waals surface area contributed by atoms with E-state index in [9.17, 15) is 9.90 Å². The molecule has 0 aliphatic heterocycles. The van der Waals surface area contributed by atoms with Gasteiger partial charge >= 0.3 is 0 Å². The third-order valence-electron chi connectivity index (χ3n) is 4.35. The van der Waals surface area contributed by atoms with E-state index in [0.717, 1.165) is 24.8 Å². The topological polar surface area (TPSA) is 52.6 Å². The lowest BCUT2D eigenvalue weighted by molar-refractivity contribution is -0.137. The molecule has 1 atom stereocenters. The van der Waals surface area contributed by atoms with E-state index >= 15 is 0 Å². The Kier molecular flexibility index (Phi) is 4.78. The molecule has 20 heavy (non-hydrogen) atoms. The zero-order valence-electron chi connectivity index (χ0n) is 12.3. The number of rotatable bonds is 6. The van der Waals surface area contributed by atoms with Gasteiger partial charge in [-0.15, -0.1) is 0 Å². The summed E-state index contributed by atoms with van der Waals surface area (Å²) >= 11 is 0. The highest BCUT2D eigenvalue weighted by Gasteiger charge is 2.45. The van der Waals surface area contributed by atoms with E-state index in [-0.39, 0.29) is 11.4 Å². The van der Waals surface area contributed by atoms with Gasteiger partial charge in [-0.3, -0.25) is 9.69 Å². The Bertz CT molecular complexity index is 441. The van der Waals surface area contributed by atoms with Gasteiger partial charge in [-0.2, -0.15) is 0 Å². The highest BCUT2D eigenvalue weighted by Crippen LogP contribution is 2.36. The quantitative estimate of drug-likeness (QED) is 0.831. The van der Waals surface area contributed by atoms with Crippen LogP contribution in [0.4, 0.5) is 0 Å². The number of hydrogen-bond acceptors (Lipinski definition) is 3. The van der Waals surface area contributed by atoms with E-state index in [1.807, 2.05) is 49.3 Å². The minimum absolute atomic E-state index is 0.0917. The summed E-state index contributed by atoms with van der Waals surface area (Å²) < 4.78 is 0. The van der Waals surface area contributed by atoms with E-state index in [4.69, 9.17) is 0 Å². The van der Waals surface area contributed by atoms with Gasteiger partial charge in [0.05, 0.1) is 11.6 Å². The maximum Gasteiger partial charge on any atom is 0.240 e. The molecule has 1 aliphatic carbocycles. The maximum absolute atomic E-state index is 12.3. The predicted molar refractivity (Wildman–Crippen MR) is 79.3 cm³/mol. The molecule has 2 N–H and O–H groups in total. The van der Waals surface area contributed by atoms with Crippen molar-refractivity contribution in [2.24, 2.45) is 0 Å². The van der Waals surface area contributed by atoms with Crippen LogP contribution in [0.15, 0.2) is 30.3 Å². The summed E-state index contributed by atoms with van der Waals surface area (Å²) in [5, 5.41) is 13.0. The van der Waals surface area contributed by atoms with Gasteiger partial charge in [0.25, 0.3) is 0 Å². The van der Waals surface area contributed by atoms with Gasteiger partial charge in [0.1, 0.15) is 0 Å². The SMILES string of the molecule is CN(C)C1(C(=O)NCCC(O)c2ccccc2)CCC1. The Balaban J connectivity index is 1.80. The van der Waals surface area contributed by atoms with Crippen LogP contribution >= 0.6 is 0 Å². The molecule has 1 aliphatic rings. The second kappa shape index (κ2) is 6.37. The Labute approximate surface area is 120 Å². The first kappa shape index (κ1) is 15.0. The molecule has 1 fully saturated rings. The first-order valence-corrected chi connectivity index (χ1v) is 7.25. The average molecular weight is 276 g/mol. The Hall–Kier alpha value is -1.39. The summed E-state index contributed by atoms with van der Waals surface area (Å²) in [7, 11) is 3.91. The van der Waals surface area contributed by atoms with E-state index in [2.05, 4.69) is 5.32 Å². The minimum atomic E-state index is -0.520. The molecule has 1 aromatic carbocycles. The monoisotopic (exact) mass is 276 g/mol. The van der Waals surface area contributed by atoms with Crippen LogP contribution < -0.4 is 5.32 Å². The first-order valence-electron chi connectivity index (χ1n) is 7.25. The normalized spacial score (nSPS) is 18.4. The Morgan fingerprint density at radius 3 is 2.50 bits per heavy atom. The number of hydrogen-bond donors (Lipinski definition) is 2. The van der Waals surface area contributed by atoms with Crippen molar-refractivity contribution in [3.63, 3.8) is 0 Å². The average Bonchev–Trinajstić information content (AvgIpc) is 2.37. The van der Waals surface area contributed by atoms with Crippen LogP contribution in [0.25, 0.3) is 0 Å².